The second kappa shape index (κ2) is 3.63. The Kier molecular flexibility index (Phi) is 3.97. The quantitative estimate of drug-likeness (QED) is 0.446. The molecule has 0 bridgehead atoms. The molecule has 7 heavy (non-hydrogen) atoms. The van der Waals surface area contributed by atoms with Crippen molar-refractivity contribution in [3.63, 3.8) is 0 Å². The summed E-state index contributed by atoms with van der Waals surface area (Å²) < 4.78 is 5.55. The van der Waals surface area contributed by atoms with E-state index in [-0.39, 0.29) is 0 Å². The fraction of sp³-hybridized carbons (Fsp3) is 1.00. The molecule has 0 heterocycles. The van der Waals surface area contributed by atoms with E-state index in [1.54, 1.807) is 0 Å². The highest BCUT2D eigenvalue weighted by atomic mass is 79.9. The van der Waals surface area contributed by atoms with Crippen LogP contribution in [0, 0.1) is 0 Å². The lowest BCUT2D eigenvalue weighted by atomic mass is 10.5. The van der Waals surface area contributed by atoms with Gasteiger partial charge in [-0.1, -0.05) is 15.9 Å². The molecule has 0 aromatic rings. The Morgan fingerprint density at radius 1 is 1.57 bits per heavy atom. The first-order valence-corrected chi connectivity index (χ1v) is 4.49. The summed E-state index contributed by atoms with van der Waals surface area (Å²) in [5.41, 5.74) is 0. The molecule has 1 nitrogen and oxygen atoms in total. The van der Waals surface area contributed by atoms with Gasteiger partial charge in [-0.3, -0.25) is 0 Å². The molecular formula is C4H11BrOSi. The monoisotopic (exact) mass is 182 g/mol. The number of halogens is 1. The van der Waals surface area contributed by atoms with Gasteiger partial charge in [0.2, 0.25) is 0 Å². The van der Waals surface area contributed by atoms with Crippen LogP contribution in [-0.4, -0.2) is 21.0 Å². The van der Waals surface area contributed by atoms with Crippen LogP contribution in [0.5, 0.6) is 0 Å². The summed E-state index contributed by atoms with van der Waals surface area (Å²) >= 11 is 3.31. The highest BCUT2D eigenvalue weighted by molar-refractivity contribution is 9.10. The van der Waals surface area contributed by atoms with Gasteiger partial charge in [0.15, 0.2) is 0 Å². The highest BCUT2D eigenvalue weighted by Crippen LogP contribution is 1.98. The summed E-state index contributed by atoms with van der Waals surface area (Å²) in [6.07, 6.45) is 0.363. The molecule has 0 aliphatic rings. The molecule has 0 fully saturated rings. The summed E-state index contributed by atoms with van der Waals surface area (Å²) in [7, 11) is 1.06. The van der Waals surface area contributed by atoms with Crippen molar-refractivity contribution in [1.29, 1.82) is 0 Å². The van der Waals surface area contributed by atoms with Crippen molar-refractivity contribution in [3.05, 3.63) is 0 Å². The molecule has 0 saturated heterocycles. The fourth-order valence-corrected chi connectivity index (χ4v) is 1.35. The van der Waals surface area contributed by atoms with Crippen LogP contribution in [0.1, 0.15) is 13.8 Å². The fourth-order valence-electron chi connectivity index (χ4n) is 0.375. The summed E-state index contributed by atoms with van der Waals surface area (Å²) in [6, 6.07) is 0. The van der Waals surface area contributed by atoms with Gasteiger partial charge >= 0.3 is 0 Å². The molecular weight excluding hydrogens is 172 g/mol. The van der Waals surface area contributed by atoms with Gasteiger partial charge in [-0.15, -0.1) is 0 Å². The second-order valence-corrected chi connectivity index (χ2v) is 5.76. The van der Waals surface area contributed by atoms with Crippen molar-refractivity contribution in [1.82, 2.24) is 0 Å². The Balaban J connectivity index is 2.95. The molecule has 1 unspecified atom stereocenters. The Morgan fingerprint density at radius 2 is 2.00 bits per heavy atom. The third kappa shape index (κ3) is 6.66. The minimum Gasteiger partial charge on any atom is -0.369 e. The molecule has 0 rings (SSSR count). The summed E-state index contributed by atoms with van der Waals surface area (Å²) in [5, 5.41) is 0. The van der Waals surface area contributed by atoms with E-state index in [1.165, 1.54) is 0 Å². The van der Waals surface area contributed by atoms with E-state index in [0.29, 0.717) is 10.7 Å². The standard InChI is InChI=1S/C4H11BrOSi/c1-3(2)6-4(5)7/h3-4H,1-2,7H3. The van der Waals surface area contributed by atoms with Crippen LogP contribution in [-0.2, 0) is 4.74 Å². The van der Waals surface area contributed by atoms with Gasteiger partial charge in [-0.25, -0.2) is 0 Å². The number of hydrogen-bond donors (Lipinski definition) is 0. The van der Waals surface area contributed by atoms with Crippen LogP contribution >= 0.6 is 15.9 Å². The highest BCUT2D eigenvalue weighted by Gasteiger charge is 1.95. The minimum atomic E-state index is 0.326. The van der Waals surface area contributed by atoms with E-state index in [0.717, 1.165) is 10.2 Å². The first-order valence-electron chi connectivity index (χ1n) is 2.42. The van der Waals surface area contributed by atoms with Crippen LogP contribution in [0.25, 0.3) is 0 Å². The van der Waals surface area contributed by atoms with Crippen LogP contribution in [0.2, 0.25) is 0 Å². The van der Waals surface area contributed by atoms with Crippen molar-refractivity contribution in [2.45, 2.75) is 24.6 Å². The molecule has 0 aromatic carbocycles. The second-order valence-electron chi connectivity index (χ2n) is 1.73. The maximum Gasteiger partial charge on any atom is 0.0908 e. The summed E-state index contributed by atoms with van der Waals surface area (Å²) in [4.78, 5) is 0. The van der Waals surface area contributed by atoms with Crippen LogP contribution in [0.4, 0.5) is 0 Å². The number of hydrogen-bond acceptors (Lipinski definition) is 1. The maximum atomic E-state index is 5.23. The van der Waals surface area contributed by atoms with E-state index in [1.807, 2.05) is 13.8 Å². The van der Waals surface area contributed by atoms with Gasteiger partial charge in [-0.05, 0) is 13.8 Å². The molecule has 0 aliphatic heterocycles. The molecule has 1 atom stereocenters. The van der Waals surface area contributed by atoms with Crippen molar-refractivity contribution >= 4 is 26.2 Å². The minimum absolute atomic E-state index is 0.326. The predicted octanol–water partition coefficient (Wildman–Crippen LogP) is 0.455. The normalized spacial score (nSPS) is 15.4. The van der Waals surface area contributed by atoms with E-state index < -0.39 is 0 Å². The van der Waals surface area contributed by atoms with Gasteiger partial charge in [0.1, 0.15) is 0 Å². The van der Waals surface area contributed by atoms with Crippen molar-refractivity contribution in [2.24, 2.45) is 0 Å². The molecule has 0 radical (unpaired) electrons. The van der Waals surface area contributed by atoms with E-state index >= 15 is 0 Å². The topological polar surface area (TPSA) is 9.23 Å². The lowest BCUT2D eigenvalue weighted by molar-refractivity contribution is 0.102. The first-order chi connectivity index (χ1) is 3.13. The molecule has 0 aromatic heterocycles. The lowest BCUT2D eigenvalue weighted by Crippen LogP contribution is -2.10. The summed E-state index contributed by atoms with van der Waals surface area (Å²) in [5.74, 6) is 0. The average Bonchev–Trinajstić information content (AvgIpc) is 1.27. The largest absolute Gasteiger partial charge is 0.369 e. The van der Waals surface area contributed by atoms with E-state index in [2.05, 4.69) is 15.9 Å². The smallest absolute Gasteiger partial charge is 0.0908 e. The van der Waals surface area contributed by atoms with Gasteiger partial charge in [0, 0.05) is 0 Å². The van der Waals surface area contributed by atoms with Crippen molar-refractivity contribution < 1.29 is 4.74 Å². The Morgan fingerprint density at radius 3 is 2.00 bits per heavy atom. The molecule has 3 heteroatoms. The molecule has 0 aliphatic carbocycles. The average molecular weight is 183 g/mol. The van der Waals surface area contributed by atoms with Crippen LogP contribution in [0.3, 0.4) is 0 Å². The molecule has 0 saturated carbocycles. The Labute approximate surface area is 56.0 Å². The van der Waals surface area contributed by atoms with Crippen LogP contribution in [0.15, 0.2) is 0 Å². The van der Waals surface area contributed by atoms with Crippen LogP contribution < -0.4 is 0 Å². The van der Waals surface area contributed by atoms with Crippen molar-refractivity contribution in [2.75, 3.05) is 0 Å². The Hall–Kier alpha value is 0.657. The zero-order valence-electron chi connectivity index (χ0n) is 4.94. The molecule has 0 N–H and O–H groups in total. The number of rotatable bonds is 2. The maximum absolute atomic E-state index is 5.23. The van der Waals surface area contributed by atoms with Gasteiger partial charge in [0.25, 0.3) is 0 Å². The zero-order chi connectivity index (χ0) is 5.86. The summed E-state index contributed by atoms with van der Waals surface area (Å²) in [6.45, 7) is 4.07. The van der Waals surface area contributed by atoms with Crippen molar-refractivity contribution in [3.8, 4) is 0 Å². The first kappa shape index (κ1) is 7.66. The number of alkyl halides is 1. The van der Waals surface area contributed by atoms with Gasteiger partial charge < -0.3 is 4.74 Å². The molecule has 44 valence electrons. The molecule has 0 amide bonds. The predicted molar refractivity (Wildman–Crippen MR) is 38.9 cm³/mol. The molecule has 0 spiro atoms. The number of ether oxygens (including phenoxy) is 1. The van der Waals surface area contributed by atoms with E-state index in [4.69, 9.17) is 4.74 Å². The lowest BCUT2D eigenvalue weighted by Gasteiger charge is -2.07. The van der Waals surface area contributed by atoms with Gasteiger partial charge in [-0.2, -0.15) is 0 Å². The zero-order valence-corrected chi connectivity index (χ0v) is 8.53. The third-order valence-electron chi connectivity index (χ3n) is 0.460. The van der Waals surface area contributed by atoms with Gasteiger partial charge in [0.05, 0.1) is 21.0 Å². The Bertz CT molecular complexity index is 41.0. The van der Waals surface area contributed by atoms with E-state index in [9.17, 15) is 0 Å². The third-order valence-corrected chi connectivity index (χ3v) is 0.948. The SMILES string of the molecule is CC(C)OC([SiH3])Br.